The van der Waals surface area contributed by atoms with E-state index in [4.69, 9.17) is 20.1 Å². The van der Waals surface area contributed by atoms with Crippen LogP contribution in [0.3, 0.4) is 0 Å². The van der Waals surface area contributed by atoms with Crippen LogP contribution in [-0.4, -0.2) is 62.0 Å². The maximum absolute atomic E-state index is 8.92. The minimum atomic E-state index is -0.921. The number of hydrogen-bond donors (Lipinski definition) is 3. The van der Waals surface area contributed by atoms with Crippen LogP contribution in [0.4, 0.5) is 0 Å². The van der Waals surface area contributed by atoms with Crippen molar-refractivity contribution in [3.8, 4) is 0 Å². The van der Waals surface area contributed by atoms with Crippen molar-refractivity contribution in [2.24, 2.45) is 0 Å². The molecule has 0 spiro atoms. The van der Waals surface area contributed by atoms with Crippen LogP contribution < -0.4 is 0 Å². The summed E-state index contributed by atoms with van der Waals surface area (Å²) in [5.41, 5.74) is 0. The molecular formula is C8H13N3O4. The lowest BCUT2D eigenvalue weighted by atomic mass is 10.2. The summed E-state index contributed by atoms with van der Waals surface area (Å²) in [6, 6.07) is 0. The van der Waals surface area contributed by atoms with E-state index in [0.717, 1.165) is 0 Å². The number of ether oxygens (including phenoxy) is 1. The van der Waals surface area contributed by atoms with Crippen molar-refractivity contribution in [2.45, 2.75) is 18.3 Å². The summed E-state index contributed by atoms with van der Waals surface area (Å²) < 4.78 is 4.78. The average molecular weight is 215 g/mol. The molecule has 0 saturated carbocycles. The number of aliphatic hydroxyl groups excluding tert-OH is 3. The first-order chi connectivity index (χ1) is 7.25. The zero-order valence-corrected chi connectivity index (χ0v) is 7.97. The molecule has 15 heavy (non-hydrogen) atoms. The molecule has 3 atom stereocenters. The molecule has 0 amide bonds. The van der Waals surface area contributed by atoms with E-state index < -0.39 is 18.3 Å². The first kappa shape index (κ1) is 11.9. The van der Waals surface area contributed by atoms with Gasteiger partial charge in [0.15, 0.2) is 0 Å². The molecule has 1 saturated heterocycles. The van der Waals surface area contributed by atoms with E-state index >= 15 is 0 Å². The maximum atomic E-state index is 8.92. The molecule has 84 valence electrons. The summed E-state index contributed by atoms with van der Waals surface area (Å²) in [5, 5.41) is 33.1. The van der Waals surface area contributed by atoms with E-state index in [1.807, 2.05) is 0 Å². The van der Waals surface area contributed by atoms with E-state index in [1.54, 1.807) is 6.20 Å². The van der Waals surface area contributed by atoms with Crippen LogP contribution in [0.5, 0.6) is 0 Å². The molecule has 7 nitrogen and oxygen atoms in total. The van der Waals surface area contributed by atoms with E-state index in [1.165, 1.54) is 12.5 Å². The number of nitrogens with zero attached hydrogens (tertiary/aromatic N) is 3. The highest BCUT2D eigenvalue weighted by atomic mass is 16.5. The minimum Gasteiger partial charge on any atom is -0.394 e. The van der Waals surface area contributed by atoms with E-state index in [0.29, 0.717) is 0 Å². The highest BCUT2D eigenvalue weighted by Gasteiger charge is 2.33. The second kappa shape index (κ2) is 6.36. The first-order valence-electron chi connectivity index (χ1n) is 4.41. The fourth-order valence-corrected chi connectivity index (χ4v) is 1.03. The number of aromatic nitrogens is 3. The van der Waals surface area contributed by atoms with Crippen LogP contribution in [0.25, 0.3) is 0 Å². The predicted octanol–water partition coefficient (Wildman–Crippen LogP) is -2.03. The van der Waals surface area contributed by atoms with Gasteiger partial charge in [-0.3, -0.25) is 0 Å². The van der Waals surface area contributed by atoms with Gasteiger partial charge in [-0.05, 0) is 0 Å². The Balaban J connectivity index is 0.000000162. The molecule has 3 N–H and O–H groups in total. The topological polar surface area (TPSA) is 109 Å². The average Bonchev–Trinajstić information content (AvgIpc) is 2.63. The Labute approximate surface area is 86.4 Å². The van der Waals surface area contributed by atoms with Crippen LogP contribution in [-0.2, 0) is 4.74 Å². The number of hydrogen-bond acceptors (Lipinski definition) is 7. The molecule has 1 aromatic heterocycles. The van der Waals surface area contributed by atoms with Crippen LogP contribution in [0, 0.1) is 0 Å². The van der Waals surface area contributed by atoms with Crippen molar-refractivity contribution in [3.63, 3.8) is 0 Å². The molecule has 1 aliphatic heterocycles. The highest BCUT2D eigenvalue weighted by Crippen LogP contribution is 2.12. The standard InChI is InChI=1S/C5H10O4.C3H3N3/c6-1-4-5(8)3(7)2-9-4;1-2-5-6-3-4-1/h3-8H,1-2H2;1-3H/t3-,4+,5-;/m0./s1. The van der Waals surface area contributed by atoms with E-state index in [-0.39, 0.29) is 13.2 Å². The maximum Gasteiger partial charge on any atom is 0.138 e. The quantitative estimate of drug-likeness (QED) is 0.495. The fourth-order valence-electron chi connectivity index (χ4n) is 1.03. The Morgan fingerprint density at radius 2 is 2.07 bits per heavy atom. The van der Waals surface area contributed by atoms with Gasteiger partial charge in [0.25, 0.3) is 0 Å². The van der Waals surface area contributed by atoms with Crippen LogP contribution in [0.2, 0.25) is 0 Å². The zero-order chi connectivity index (χ0) is 11.1. The van der Waals surface area contributed by atoms with Gasteiger partial charge < -0.3 is 20.1 Å². The normalized spacial score (nSPS) is 29.4. The Bertz CT molecular complexity index is 235. The van der Waals surface area contributed by atoms with Gasteiger partial charge in [0.2, 0.25) is 0 Å². The smallest absolute Gasteiger partial charge is 0.138 e. The lowest BCUT2D eigenvalue weighted by molar-refractivity contribution is -0.00588. The molecule has 2 rings (SSSR count). The summed E-state index contributed by atoms with van der Waals surface area (Å²) in [6.45, 7) is -0.120. The Hall–Kier alpha value is -1.15. The second-order valence-electron chi connectivity index (χ2n) is 2.91. The molecule has 2 heterocycles. The van der Waals surface area contributed by atoms with Gasteiger partial charge >= 0.3 is 0 Å². The summed E-state index contributed by atoms with van der Waals surface area (Å²) in [6.07, 6.45) is 2.14. The van der Waals surface area contributed by atoms with Gasteiger partial charge in [-0.2, -0.15) is 5.10 Å². The van der Waals surface area contributed by atoms with Gasteiger partial charge in [-0.1, -0.05) is 0 Å². The molecule has 0 aromatic carbocycles. The molecule has 7 heteroatoms. The van der Waals surface area contributed by atoms with Crippen molar-refractivity contribution < 1.29 is 20.1 Å². The first-order valence-corrected chi connectivity index (χ1v) is 4.41. The van der Waals surface area contributed by atoms with E-state index in [2.05, 4.69) is 15.2 Å². The molecule has 0 bridgehead atoms. The molecule has 1 aromatic rings. The van der Waals surface area contributed by atoms with Gasteiger partial charge in [0.05, 0.1) is 19.4 Å². The van der Waals surface area contributed by atoms with Gasteiger partial charge in [-0.25, -0.2) is 4.98 Å². The summed E-state index contributed by atoms with van der Waals surface area (Å²) in [7, 11) is 0. The predicted molar refractivity (Wildman–Crippen MR) is 48.7 cm³/mol. The van der Waals surface area contributed by atoms with Crippen molar-refractivity contribution >= 4 is 0 Å². The molecular weight excluding hydrogens is 202 g/mol. The van der Waals surface area contributed by atoms with Crippen molar-refractivity contribution in [3.05, 3.63) is 18.7 Å². The van der Waals surface area contributed by atoms with Crippen molar-refractivity contribution in [2.75, 3.05) is 13.2 Å². The van der Waals surface area contributed by atoms with Crippen LogP contribution in [0.15, 0.2) is 18.7 Å². The molecule has 0 unspecified atom stereocenters. The van der Waals surface area contributed by atoms with Crippen LogP contribution in [0.1, 0.15) is 0 Å². The monoisotopic (exact) mass is 215 g/mol. The van der Waals surface area contributed by atoms with Crippen LogP contribution >= 0.6 is 0 Å². The van der Waals surface area contributed by atoms with Gasteiger partial charge in [0.1, 0.15) is 24.6 Å². The molecule has 1 fully saturated rings. The van der Waals surface area contributed by atoms with Crippen molar-refractivity contribution in [1.29, 1.82) is 0 Å². The third-order valence-corrected chi connectivity index (χ3v) is 1.84. The summed E-state index contributed by atoms with van der Waals surface area (Å²) >= 11 is 0. The number of rotatable bonds is 1. The Morgan fingerprint density at radius 3 is 2.27 bits per heavy atom. The largest absolute Gasteiger partial charge is 0.394 e. The SMILES string of the molecule is OC[C@H]1OC[C@H](O)[C@@H]1O.c1cnncn1. The highest BCUT2D eigenvalue weighted by molar-refractivity contribution is 4.81. The van der Waals surface area contributed by atoms with E-state index in [9.17, 15) is 0 Å². The molecule has 0 radical (unpaired) electrons. The van der Waals surface area contributed by atoms with Gasteiger partial charge in [0, 0.05) is 6.20 Å². The summed E-state index contributed by atoms with van der Waals surface area (Å²) in [4.78, 5) is 3.61. The Morgan fingerprint density at radius 1 is 1.27 bits per heavy atom. The lowest BCUT2D eigenvalue weighted by Crippen LogP contribution is -2.31. The number of aliphatic hydroxyl groups is 3. The fraction of sp³-hybridized carbons (Fsp3) is 0.625. The zero-order valence-electron chi connectivity index (χ0n) is 7.97. The lowest BCUT2D eigenvalue weighted by Gasteiger charge is -2.10. The third-order valence-electron chi connectivity index (χ3n) is 1.84. The second-order valence-corrected chi connectivity index (χ2v) is 2.91. The molecule has 0 aliphatic carbocycles. The van der Waals surface area contributed by atoms with Crippen molar-refractivity contribution in [1.82, 2.24) is 15.2 Å². The van der Waals surface area contributed by atoms with Gasteiger partial charge in [-0.15, -0.1) is 5.10 Å². The molecule has 1 aliphatic rings. The third kappa shape index (κ3) is 3.84. The minimum absolute atomic E-state index is 0.117. The Kier molecular flexibility index (Phi) is 5.05. The summed E-state index contributed by atoms with van der Waals surface area (Å²) in [5.74, 6) is 0.